The molecule has 0 aliphatic heterocycles. The van der Waals surface area contributed by atoms with Crippen molar-refractivity contribution in [2.45, 2.75) is 6.36 Å². The quantitative estimate of drug-likeness (QED) is 0.723. The number of alkyl halides is 3. The van der Waals surface area contributed by atoms with Gasteiger partial charge < -0.3 is 9.47 Å². The van der Waals surface area contributed by atoms with Crippen LogP contribution in [0.4, 0.5) is 13.2 Å². The van der Waals surface area contributed by atoms with E-state index < -0.39 is 12.3 Å². The number of benzene rings is 2. The van der Waals surface area contributed by atoms with Gasteiger partial charge in [0.2, 0.25) is 0 Å². The van der Waals surface area contributed by atoms with Gasteiger partial charge in [-0.25, -0.2) is 4.79 Å². The van der Waals surface area contributed by atoms with Crippen molar-refractivity contribution < 1.29 is 27.4 Å². The van der Waals surface area contributed by atoms with Crippen molar-refractivity contribution in [3.63, 3.8) is 0 Å². The lowest BCUT2D eigenvalue weighted by Gasteiger charge is -2.11. The van der Waals surface area contributed by atoms with Gasteiger partial charge in [0.05, 0.1) is 12.7 Å². The predicted molar refractivity (Wildman–Crippen MR) is 77.6 cm³/mol. The van der Waals surface area contributed by atoms with E-state index in [0.29, 0.717) is 21.2 Å². The lowest BCUT2D eigenvalue weighted by molar-refractivity contribution is -0.274. The Kier molecular flexibility index (Phi) is 4.75. The molecule has 2 rings (SSSR count). The zero-order chi connectivity index (χ0) is 16.3. The van der Waals surface area contributed by atoms with E-state index in [-0.39, 0.29) is 5.75 Å². The van der Waals surface area contributed by atoms with E-state index in [1.54, 1.807) is 18.2 Å². The van der Waals surface area contributed by atoms with Crippen LogP contribution in [0.1, 0.15) is 10.4 Å². The molecule has 0 saturated carbocycles. The molecule has 0 spiro atoms. The second kappa shape index (κ2) is 6.39. The molecule has 7 heteroatoms. The van der Waals surface area contributed by atoms with Crippen LogP contribution < -0.4 is 4.74 Å². The summed E-state index contributed by atoms with van der Waals surface area (Å²) in [6.45, 7) is 0. The van der Waals surface area contributed by atoms with E-state index in [2.05, 4.69) is 20.7 Å². The molecule has 0 bridgehead atoms. The minimum atomic E-state index is -4.74. The largest absolute Gasteiger partial charge is 0.573 e. The van der Waals surface area contributed by atoms with Gasteiger partial charge in [0, 0.05) is 4.47 Å². The summed E-state index contributed by atoms with van der Waals surface area (Å²) in [5.41, 5.74) is 1.43. The van der Waals surface area contributed by atoms with Crippen LogP contribution >= 0.6 is 15.9 Å². The van der Waals surface area contributed by atoms with Crippen molar-refractivity contribution in [2.75, 3.05) is 7.11 Å². The molecule has 0 aliphatic carbocycles. The molecule has 3 nitrogen and oxygen atoms in total. The molecular weight excluding hydrogens is 365 g/mol. The number of hydrogen-bond donors (Lipinski definition) is 0. The van der Waals surface area contributed by atoms with Gasteiger partial charge in [0.1, 0.15) is 5.75 Å². The van der Waals surface area contributed by atoms with E-state index in [1.807, 2.05) is 0 Å². The molecule has 0 fully saturated rings. The first-order chi connectivity index (χ1) is 10.3. The maximum atomic E-state index is 12.1. The Hall–Kier alpha value is -2.02. The molecule has 0 saturated heterocycles. The molecule has 0 atom stereocenters. The summed E-state index contributed by atoms with van der Waals surface area (Å²) in [7, 11) is 1.26. The van der Waals surface area contributed by atoms with Crippen LogP contribution in [-0.4, -0.2) is 19.4 Å². The van der Waals surface area contributed by atoms with Crippen LogP contribution in [-0.2, 0) is 4.74 Å². The van der Waals surface area contributed by atoms with Crippen molar-refractivity contribution >= 4 is 21.9 Å². The summed E-state index contributed by atoms with van der Waals surface area (Å²) < 4.78 is 45.6. The minimum absolute atomic E-state index is 0.307. The second-order valence-corrected chi connectivity index (χ2v) is 5.17. The maximum absolute atomic E-state index is 12.1. The molecule has 116 valence electrons. The van der Waals surface area contributed by atoms with Gasteiger partial charge in [0.25, 0.3) is 0 Å². The molecular formula is C15H10BrF3O3. The van der Waals surface area contributed by atoms with Gasteiger partial charge in [-0.15, -0.1) is 13.2 Å². The number of esters is 1. The van der Waals surface area contributed by atoms with Crippen LogP contribution in [0.2, 0.25) is 0 Å². The van der Waals surface area contributed by atoms with E-state index in [0.717, 1.165) is 0 Å². The number of hydrogen-bond acceptors (Lipinski definition) is 3. The molecule has 0 heterocycles. The van der Waals surface area contributed by atoms with Gasteiger partial charge >= 0.3 is 12.3 Å². The van der Waals surface area contributed by atoms with Gasteiger partial charge in [-0.3, -0.25) is 0 Å². The highest BCUT2D eigenvalue weighted by molar-refractivity contribution is 9.10. The smallest absolute Gasteiger partial charge is 0.465 e. The van der Waals surface area contributed by atoms with Crippen LogP contribution in [0.3, 0.4) is 0 Å². The minimum Gasteiger partial charge on any atom is -0.465 e. The molecule has 22 heavy (non-hydrogen) atoms. The lowest BCUT2D eigenvalue weighted by atomic mass is 10.00. The Labute approximate surface area is 132 Å². The number of ether oxygens (including phenoxy) is 2. The van der Waals surface area contributed by atoms with Gasteiger partial charge in [-0.05, 0) is 35.4 Å². The first-order valence-corrected chi connectivity index (χ1v) is 6.83. The van der Waals surface area contributed by atoms with Crippen LogP contribution in [0.15, 0.2) is 46.9 Å². The average Bonchev–Trinajstić information content (AvgIpc) is 2.46. The number of halogens is 4. The third-order valence-electron chi connectivity index (χ3n) is 2.79. The van der Waals surface area contributed by atoms with Crippen LogP contribution in [0.25, 0.3) is 11.1 Å². The third kappa shape index (κ3) is 4.00. The Morgan fingerprint density at radius 2 is 1.73 bits per heavy atom. The Balaban J connectivity index is 2.38. The topological polar surface area (TPSA) is 35.5 Å². The summed E-state index contributed by atoms with van der Waals surface area (Å²) in [6.07, 6.45) is -4.74. The number of methoxy groups -OCH3 is 1. The molecule has 0 amide bonds. The molecule has 2 aromatic rings. The second-order valence-electron chi connectivity index (χ2n) is 4.25. The standard InChI is InChI=1S/C15H10BrF3O3/c1-21-14(20)13-8-10(16)4-7-12(13)9-2-5-11(6-3-9)22-15(17,18)19/h2-8H,1H3. The summed E-state index contributed by atoms with van der Waals surface area (Å²) in [5, 5.41) is 0. The highest BCUT2D eigenvalue weighted by Gasteiger charge is 2.31. The molecule has 0 N–H and O–H groups in total. The predicted octanol–water partition coefficient (Wildman–Crippen LogP) is 4.80. The fraction of sp³-hybridized carbons (Fsp3) is 0.133. The maximum Gasteiger partial charge on any atom is 0.573 e. The number of carbonyl (C=O) groups is 1. The normalized spacial score (nSPS) is 11.1. The molecule has 2 aromatic carbocycles. The Morgan fingerprint density at radius 1 is 1.09 bits per heavy atom. The fourth-order valence-electron chi connectivity index (χ4n) is 1.88. The monoisotopic (exact) mass is 374 g/mol. The van der Waals surface area contributed by atoms with Crippen molar-refractivity contribution in [2.24, 2.45) is 0 Å². The van der Waals surface area contributed by atoms with Gasteiger partial charge in [0.15, 0.2) is 0 Å². The summed E-state index contributed by atoms with van der Waals surface area (Å²) >= 11 is 3.26. The van der Waals surface area contributed by atoms with E-state index in [4.69, 9.17) is 4.74 Å². The highest BCUT2D eigenvalue weighted by Crippen LogP contribution is 2.30. The first kappa shape index (κ1) is 16.4. The Bertz CT molecular complexity index is 681. The lowest BCUT2D eigenvalue weighted by Crippen LogP contribution is -2.16. The molecule has 0 radical (unpaired) electrons. The summed E-state index contributed by atoms with van der Waals surface area (Å²) in [4.78, 5) is 11.8. The van der Waals surface area contributed by atoms with Crippen LogP contribution in [0, 0.1) is 0 Å². The SMILES string of the molecule is COC(=O)c1cc(Br)ccc1-c1ccc(OC(F)(F)F)cc1. The molecule has 0 aromatic heterocycles. The average molecular weight is 375 g/mol. The third-order valence-corrected chi connectivity index (χ3v) is 3.28. The molecule has 0 unspecified atom stereocenters. The Morgan fingerprint density at radius 3 is 2.27 bits per heavy atom. The zero-order valence-electron chi connectivity index (χ0n) is 11.3. The van der Waals surface area contributed by atoms with Gasteiger partial charge in [-0.2, -0.15) is 0 Å². The molecule has 0 aliphatic rings. The zero-order valence-corrected chi connectivity index (χ0v) is 12.9. The van der Waals surface area contributed by atoms with Crippen molar-refractivity contribution in [3.8, 4) is 16.9 Å². The first-order valence-electron chi connectivity index (χ1n) is 6.04. The fourth-order valence-corrected chi connectivity index (χ4v) is 2.24. The van der Waals surface area contributed by atoms with Crippen molar-refractivity contribution in [1.82, 2.24) is 0 Å². The number of rotatable bonds is 3. The summed E-state index contributed by atoms with van der Waals surface area (Å²) in [6, 6.07) is 10.2. The van der Waals surface area contributed by atoms with Crippen molar-refractivity contribution in [1.29, 1.82) is 0 Å². The summed E-state index contributed by atoms with van der Waals surface area (Å²) in [5.74, 6) is -0.861. The van der Waals surface area contributed by atoms with Crippen molar-refractivity contribution in [3.05, 3.63) is 52.5 Å². The van der Waals surface area contributed by atoms with Gasteiger partial charge in [-0.1, -0.05) is 34.1 Å². The van der Waals surface area contributed by atoms with E-state index in [1.165, 1.54) is 31.4 Å². The van der Waals surface area contributed by atoms with Crippen LogP contribution in [0.5, 0.6) is 5.75 Å². The van der Waals surface area contributed by atoms with E-state index in [9.17, 15) is 18.0 Å². The van der Waals surface area contributed by atoms with E-state index >= 15 is 0 Å². The number of carbonyl (C=O) groups excluding carboxylic acids is 1. The highest BCUT2D eigenvalue weighted by atomic mass is 79.9.